The molecule has 2 aromatic heterocycles. The number of ether oxygens (including phenoxy) is 2. The fraction of sp³-hybridized carbons (Fsp3) is 0.389. The van der Waals surface area contributed by atoms with E-state index in [-0.39, 0.29) is 24.1 Å². The first kappa shape index (κ1) is 37.0. The number of halogens is 2. The van der Waals surface area contributed by atoms with Crippen molar-refractivity contribution in [2.24, 2.45) is 11.5 Å². The normalized spacial score (nSPS) is 15.5. The highest BCUT2D eigenvalue weighted by Gasteiger charge is 2.24. The Morgan fingerprint density at radius 1 is 0.692 bits per heavy atom. The summed E-state index contributed by atoms with van der Waals surface area (Å²) in [6.07, 6.45) is 6.56. The number of nitrogens with one attached hydrogen (secondary N) is 2. The molecule has 0 radical (unpaired) electrons. The molecule has 0 atom stereocenters. The standard InChI is InChI=1S/C36H42Cl2N10O4/c1-51-33-29(19-41-21-9-13-47(14-10-21)35(39)49)43-17-27(45-33)25-7-3-5-23(31(25)37)24-6-4-8-26(32(24)38)28-18-44-30(34(46-28)52-2)20-42-22-11-15-48(16-12-22)36(40)50/h3-8,17-18,21-22,41-42H,9-16,19-20H2,1-2H3,(H2,39,49)(H2,40,50). The first-order chi connectivity index (χ1) is 25.2. The molecule has 2 aliphatic heterocycles. The van der Waals surface area contributed by atoms with Crippen LogP contribution in [-0.4, -0.2) is 94.3 Å². The SMILES string of the molecule is COc1nc(-c2cccc(-c3cccc(-c4cnc(CNC5CCN(C(N)=O)CC5)c(OC)n4)c3Cl)c2Cl)cnc1CNC1CCN(C(N)=O)CC1. The van der Waals surface area contributed by atoms with E-state index in [1.807, 2.05) is 36.4 Å². The second kappa shape index (κ2) is 16.7. The number of urea groups is 2. The molecule has 2 saturated heterocycles. The minimum absolute atomic E-state index is 0.223. The van der Waals surface area contributed by atoms with E-state index in [0.717, 1.165) is 25.7 Å². The Morgan fingerprint density at radius 2 is 1.06 bits per heavy atom. The second-order valence-electron chi connectivity index (χ2n) is 12.7. The monoisotopic (exact) mass is 748 g/mol. The largest absolute Gasteiger partial charge is 0.480 e. The number of aromatic nitrogens is 4. The molecule has 0 spiro atoms. The molecule has 4 heterocycles. The lowest BCUT2D eigenvalue weighted by Crippen LogP contribution is -2.46. The summed E-state index contributed by atoms with van der Waals surface area (Å²) in [5.41, 5.74) is 16.0. The Morgan fingerprint density at radius 3 is 1.40 bits per heavy atom. The van der Waals surface area contributed by atoms with Crippen LogP contribution in [0.25, 0.3) is 33.6 Å². The maximum Gasteiger partial charge on any atom is 0.314 e. The van der Waals surface area contributed by atoms with Crippen molar-refractivity contribution < 1.29 is 19.1 Å². The topological polar surface area (TPSA) is 187 Å². The summed E-state index contributed by atoms with van der Waals surface area (Å²) in [6, 6.07) is 11.0. The smallest absolute Gasteiger partial charge is 0.314 e. The van der Waals surface area contributed by atoms with E-state index in [9.17, 15) is 9.59 Å². The maximum atomic E-state index is 11.5. The summed E-state index contributed by atoms with van der Waals surface area (Å²) < 4.78 is 11.3. The van der Waals surface area contributed by atoms with Gasteiger partial charge >= 0.3 is 12.1 Å². The number of benzene rings is 2. The van der Waals surface area contributed by atoms with E-state index in [1.54, 1.807) is 36.4 Å². The van der Waals surface area contributed by atoms with Crippen molar-refractivity contribution in [1.82, 2.24) is 40.4 Å². The Labute approximate surface area is 312 Å². The zero-order valence-electron chi connectivity index (χ0n) is 29.1. The lowest BCUT2D eigenvalue weighted by atomic mass is 9.98. The average molecular weight is 750 g/mol. The van der Waals surface area contributed by atoms with Crippen molar-refractivity contribution in [2.45, 2.75) is 50.9 Å². The predicted octanol–water partition coefficient (Wildman–Crippen LogP) is 4.86. The van der Waals surface area contributed by atoms with Crippen molar-refractivity contribution in [2.75, 3.05) is 40.4 Å². The van der Waals surface area contributed by atoms with Gasteiger partial charge in [0.15, 0.2) is 0 Å². The van der Waals surface area contributed by atoms with Crippen LogP contribution in [-0.2, 0) is 13.1 Å². The van der Waals surface area contributed by atoms with Gasteiger partial charge in [0.1, 0.15) is 11.4 Å². The third-order valence-corrected chi connectivity index (χ3v) is 10.4. The predicted molar refractivity (Wildman–Crippen MR) is 199 cm³/mol. The number of carbonyl (C=O) groups excluding carboxylic acids is 2. The van der Waals surface area contributed by atoms with Crippen LogP contribution in [0, 0.1) is 0 Å². The third-order valence-electron chi connectivity index (χ3n) is 9.58. The zero-order valence-corrected chi connectivity index (χ0v) is 30.6. The van der Waals surface area contributed by atoms with Crippen LogP contribution in [0.3, 0.4) is 0 Å². The zero-order chi connectivity index (χ0) is 36.8. The van der Waals surface area contributed by atoms with Crippen molar-refractivity contribution in [3.63, 3.8) is 0 Å². The van der Waals surface area contributed by atoms with Crippen LogP contribution >= 0.6 is 23.2 Å². The number of rotatable bonds is 11. The molecule has 2 aliphatic rings. The first-order valence-corrected chi connectivity index (χ1v) is 17.9. The van der Waals surface area contributed by atoms with Gasteiger partial charge in [0.2, 0.25) is 11.8 Å². The van der Waals surface area contributed by atoms with Crippen molar-refractivity contribution in [1.29, 1.82) is 0 Å². The average Bonchev–Trinajstić information content (AvgIpc) is 3.17. The Kier molecular flexibility index (Phi) is 11.9. The summed E-state index contributed by atoms with van der Waals surface area (Å²) in [5.74, 6) is 0.779. The lowest BCUT2D eigenvalue weighted by Gasteiger charge is -2.31. The number of amides is 4. The van der Waals surface area contributed by atoms with E-state index in [1.165, 1.54) is 0 Å². The number of nitrogens with zero attached hydrogens (tertiary/aromatic N) is 6. The first-order valence-electron chi connectivity index (χ1n) is 17.1. The lowest BCUT2D eigenvalue weighted by molar-refractivity contribution is 0.184. The fourth-order valence-electron chi connectivity index (χ4n) is 6.59. The molecule has 2 aromatic carbocycles. The van der Waals surface area contributed by atoms with Crippen LogP contribution in [0.5, 0.6) is 11.8 Å². The number of hydrogen-bond acceptors (Lipinski definition) is 10. The van der Waals surface area contributed by atoms with Gasteiger partial charge in [-0.05, 0) is 25.7 Å². The number of piperidine rings is 2. The van der Waals surface area contributed by atoms with Crippen molar-refractivity contribution >= 4 is 35.3 Å². The molecule has 4 aromatic rings. The highest BCUT2D eigenvalue weighted by atomic mass is 35.5. The molecule has 0 aliphatic carbocycles. The summed E-state index contributed by atoms with van der Waals surface area (Å²) in [5, 5.41) is 7.90. The third kappa shape index (κ3) is 8.31. The summed E-state index contributed by atoms with van der Waals surface area (Å²) in [6.45, 7) is 3.37. The van der Waals surface area contributed by atoms with Gasteiger partial charge in [-0.25, -0.2) is 19.6 Å². The fourth-order valence-corrected chi connectivity index (χ4v) is 7.24. The summed E-state index contributed by atoms with van der Waals surface area (Å²) in [4.78, 5) is 45.1. The van der Waals surface area contributed by atoms with E-state index < -0.39 is 0 Å². The molecule has 274 valence electrons. The minimum Gasteiger partial charge on any atom is -0.480 e. The van der Waals surface area contributed by atoms with E-state index in [4.69, 9.17) is 54.1 Å². The Balaban J connectivity index is 1.18. The van der Waals surface area contributed by atoms with Crippen molar-refractivity contribution in [3.8, 4) is 45.4 Å². The number of hydrogen-bond donors (Lipinski definition) is 4. The van der Waals surface area contributed by atoms with Gasteiger partial charge in [-0.1, -0.05) is 59.6 Å². The van der Waals surface area contributed by atoms with Crippen LogP contribution in [0.1, 0.15) is 37.1 Å². The highest BCUT2D eigenvalue weighted by molar-refractivity contribution is 6.39. The highest BCUT2D eigenvalue weighted by Crippen LogP contribution is 2.42. The quantitative estimate of drug-likeness (QED) is 0.165. The molecule has 6 rings (SSSR count). The van der Waals surface area contributed by atoms with E-state index in [0.29, 0.717) is 106 Å². The number of likely N-dealkylation sites (tertiary alicyclic amines) is 2. The molecule has 0 unspecified atom stereocenters. The second-order valence-corrected chi connectivity index (χ2v) is 13.5. The molecule has 4 amide bonds. The number of carbonyl (C=O) groups is 2. The van der Waals surface area contributed by atoms with Gasteiger partial charge in [0, 0.05) is 73.6 Å². The molecule has 52 heavy (non-hydrogen) atoms. The Bertz CT molecular complexity index is 1780. The van der Waals surface area contributed by atoms with Crippen LogP contribution in [0.4, 0.5) is 9.59 Å². The van der Waals surface area contributed by atoms with Gasteiger partial charge in [0.05, 0.1) is 48.0 Å². The van der Waals surface area contributed by atoms with Gasteiger partial charge in [-0.3, -0.25) is 9.97 Å². The number of nitrogens with two attached hydrogens (primary N) is 2. The molecule has 0 saturated carbocycles. The molecule has 14 nitrogen and oxygen atoms in total. The van der Waals surface area contributed by atoms with Crippen LogP contribution in [0.15, 0.2) is 48.8 Å². The van der Waals surface area contributed by atoms with Gasteiger partial charge in [-0.15, -0.1) is 0 Å². The van der Waals surface area contributed by atoms with Crippen LogP contribution in [0.2, 0.25) is 10.0 Å². The summed E-state index contributed by atoms with van der Waals surface area (Å²) >= 11 is 14.1. The maximum absolute atomic E-state index is 11.5. The summed E-state index contributed by atoms with van der Waals surface area (Å²) in [7, 11) is 3.12. The molecule has 0 bridgehead atoms. The van der Waals surface area contributed by atoms with Gasteiger partial charge < -0.3 is 41.4 Å². The molecular formula is C36H42Cl2N10O4. The number of methoxy groups -OCH3 is 2. The number of primary amides is 2. The molecule has 16 heteroatoms. The molecular weight excluding hydrogens is 707 g/mol. The molecule has 2 fully saturated rings. The van der Waals surface area contributed by atoms with Crippen molar-refractivity contribution in [3.05, 3.63) is 70.2 Å². The van der Waals surface area contributed by atoms with Gasteiger partial charge in [-0.2, -0.15) is 0 Å². The Hall–Kier alpha value is -4.76. The van der Waals surface area contributed by atoms with Gasteiger partial charge in [0.25, 0.3) is 0 Å². The molecule has 6 N–H and O–H groups in total. The van der Waals surface area contributed by atoms with E-state index in [2.05, 4.69) is 20.6 Å². The van der Waals surface area contributed by atoms with Crippen LogP contribution < -0.4 is 31.6 Å². The minimum atomic E-state index is -0.388. The van der Waals surface area contributed by atoms with E-state index >= 15 is 0 Å².